The lowest BCUT2D eigenvalue weighted by Gasteiger charge is -2.27. The van der Waals surface area contributed by atoms with Crippen molar-refractivity contribution in [1.82, 2.24) is 14.9 Å². The van der Waals surface area contributed by atoms with Gasteiger partial charge in [-0.2, -0.15) is 0 Å². The van der Waals surface area contributed by atoms with E-state index in [2.05, 4.69) is 9.88 Å². The first-order valence-corrected chi connectivity index (χ1v) is 11.6. The van der Waals surface area contributed by atoms with Crippen molar-refractivity contribution in [2.24, 2.45) is 0 Å². The standard InChI is InChI=1S/C20H23ClN4O2S2.ClH/c1-13-18(28-14(2)22-13)19(26)25(8-4-7-24-9-11-27-12-10-24)20-23-17-15(21)5-3-6-16(17)29-20;/h3,5-6H,4,7-12H2,1-2H3;1H. The summed E-state index contributed by atoms with van der Waals surface area (Å²) in [6.45, 7) is 8.78. The van der Waals surface area contributed by atoms with Gasteiger partial charge in [-0.15, -0.1) is 23.7 Å². The van der Waals surface area contributed by atoms with Crippen molar-refractivity contribution in [2.45, 2.75) is 20.3 Å². The number of rotatable bonds is 6. The van der Waals surface area contributed by atoms with Crippen LogP contribution in [0.1, 0.15) is 26.8 Å². The number of carbonyl (C=O) groups is 1. The molecular weight excluding hydrogens is 463 g/mol. The number of morpholine rings is 1. The van der Waals surface area contributed by atoms with E-state index < -0.39 is 0 Å². The quantitative estimate of drug-likeness (QED) is 0.499. The molecule has 0 N–H and O–H groups in total. The fraction of sp³-hybridized carbons (Fsp3) is 0.450. The average Bonchev–Trinajstić information content (AvgIpc) is 3.29. The van der Waals surface area contributed by atoms with Crippen molar-refractivity contribution in [3.63, 3.8) is 0 Å². The van der Waals surface area contributed by atoms with Crippen molar-refractivity contribution in [3.8, 4) is 0 Å². The van der Waals surface area contributed by atoms with Crippen molar-refractivity contribution in [2.75, 3.05) is 44.3 Å². The highest BCUT2D eigenvalue weighted by molar-refractivity contribution is 7.22. The van der Waals surface area contributed by atoms with E-state index in [0.29, 0.717) is 21.6 Å². The Hall–Kier alpha value is -1.29. The van der Waals surface area contributed by atoms with E-state index in [-0.39, 0.29) is 18.3 Å². The Bertz CT molecular complexity index is 1020. The molecule has 1 amide bonds. The Morgan fingerprint density at radius 2 is 2.00 bits per heavy atom. The summed E-state index contributed by atoms with van der Waals surface area (Å²) in [5, 5.41) is 2.19. The lowest BCUT2D eigenvalue weighted by molar-refractivity contribution is 0.0376. The molecule has 1 aliphatic rings. The number of aromatic nitrogens is 2. The zero-order valence-corrected chi connectivity index (χ0v) is 20.1. The number of hydrogen-bond acceptors (Lipinski definition) is 7. The minimum Gasteiger partial charge on any atom is -0.379 e. The van der Waals surface area contributed by atoms with Crippen LogP contribution in [0, 0.1) is 13.8 Å². The number of anilines is 1. The van der Waals surface area contributed by atoms with Crippen LogP contribution in [-0.2, 0) is 4.74 Å². The molecule has 1 fully saturated rings. The monoisotopic (exact) mass is 486 g/mol. The van der Waals surface area contributed by atoms with Gasteiger partial charge < -0.3 is 4.74 Å². The molecule has 3 heterocycles. The molecule has 0 radical (unpaired) electrons. The van der Waals surface area contributed by atoms with Crippen LogP contribution in [0.15, 0.2) is 18.2 Å². The third-order valence-corrected chi connectivity index (χ3v) is 7.30. The van der Waals surface area contributed by atoms with E-state index in [1.807, 2.05) is 32.0 Å². The third kappa shape index (κ3) is 5.12. The molecule has 1 aliphatic heterocycles. The fourth-order valence-corrected chi connectivity index (χ4v) is 5.59. The first-order valence-electron chi connectivity index (χ1n) is 9.64. The molecule has 30 heavy (non-hydrogen) atoms. The average molecular weight is 487 g/mol. The van der Waals surface area contributed by atoms with Gasteiger partial charge in [-0.3, -0.25) is 14.6 Å². The van der Waals surface area contributed by atoms with Crippen LogP contribution in [0.5, 0.6) is 0 Å². The van der Waals surface area contributed by atoms with E-state index in [4.69, 9.17) is 21.3 Å². The minimum atomic E-state index is -0.0368. The first-order chi connectivity index (χ1) is 14.0. The SMILES string of the molecule is Cc1nc(C)c(C(=O)N(CCCN2CCOCC2)c2nc3c(Cl)cccc3s2)s1.Cl. The molecule has 1 saturated heterocycles. The van der Waals surface area contributed by atoms with Gasteiger partial charge in [0, 0.05) is 26.2 Å². The number of fused-ring (bicyclic) bond motifs is 1. The molecule has 10 heteroatoms. The van der Waals surface area contributed by atoms with Gasteiger partial charge in [-0.25, -0.2) is 9.97 Å². The van der Waals surface area contributed by atoms with E-state index >= 15 is 0 Å². The maximum atomic E-state index is 13.4. The van der Waals surface area contributed by atoms with Crippen LogP contribution in [0.4, 0.5) is 5.13 Å². The second-order valence-electron chi connectivity index (χ2n) is 6.99. The number of amides is 1. The molecule has 0 aliphatic carbocycles. The van der Waals surface area contributed by atoms with E-state index in [1.54, 1.807) is 4.90 Å². The van der Waals surface area contributed by atoms with Gasteiger partial charge in [-0.1, -0.05) is 29.0 Å². The number of para-hydroxylation sites is 1. The zero-order chi connectivity index (χ0) is 20.4. The highest BCUT2D eigenvalue weighted by Gasteiger charge is 2.25. The molecule has 0 saturated carbocycles. The highest BCUT2D eigenvalue weighted by Crippen LogP contribution is 2.34. The number of ether oxygens (including phenoxy) is 1. The van der Waals surface area contributed by atoms with Crippen molar-refractivity contribution in [1.29, 1.82) is 0 Å². The number of nitrogens with zero attached hydrogens (tertiary/aromatic N) is 4. The van der Waals surface area contributed by atoms with Crippen LogP contribution in [0.25, 0.3) is 10.2 Å². The lowest BCUT2D eigenvalue weighted by Crippen LogP contribution is -2.39. The number of hydrogen-bond donors (Lipinski definition) is 0. The van der Waals surface area contributed by atoms with Gasteiger partial charge in [-0.05, 0) is 32.4 Å². The molecule has 0 atom stereocenters. The van der Waals surface area contributed by atoms with Crippen LogP contribution >= 0.6 is 46.7 Å². The van der Waals surface area contributed by atoms with Gasteiger partial charge in [0.1, 0.15) is 10.4 Å². The topological polar surface area (TPSA) is 58.6 Å². The Morgan fingerprint density at radius 1 is 1.23 bits per heavy atom. The fourth-order valence-electron chi connectivity index (χ4n) is 3.43. The molecule has 0 unspecified atom stereocenters. The largest absolute Gasteiger partial charge is 0.379 e. The molecule has 3 aromatic rings. The predicted molar refractivity (Wildman–Crippen MR) is 127 cm³/mol. The molecule has 1 aromatic carbocycles. The van der Waals surface area contributed by atoms with Crippen LogP contribution < -0.4 is 4.90 Å². The van der Waals surface area contributed by atoms with E-state index in [9.17, 15) is 4.79 Å². The molecule has 4 rings (SSSR count). The van der Waals surface area contributed by atoms with Gasteiger partial charge >= 0.3 is 0 Å². The molecule has 2 aromatic heterocycles. The van der Waals surface area contributed by atoms with Crippen LogP contribution in [-0.4, -0.2) is 60.2 Å². The smallest absolute Gasteiger partial charge is 0.272 e. The van der Waals surface area contributed by atoms with Crippen LogP contribution in [0.3, 0.4) is 0 Å². The van der Waals surface area contributed by atoms with Crippen molar-refractivity contribution >= 4 is 67.9 Å². The Morgan fingerprint density at radius 3 is 2.67 bits per heavy atom. The maximum Gasteiger partial charge on any atom is 0.272 e. The summed E-state index contributed by atoms with van der Waals surface area (Å²) < 4.78 is 6.40. The summed E-state index contributed by atoms with van der Waals surface area (Å²) in [5.41, 5.74) is 1.52. The maximum absolute atomic E-state index is 13.4. The lowest BCUT2D eigenvalue weighted by atomic mass is 10.3. The molecule has 162 valence electrons. The number of thiazole rings is 2. The van der Waals surface area contributed by atoms with Crippen molar-refractivity contribution < 1.29 is 9.53 Å². The van der Waals surface area contributed by atoms with E-state index in [0.717, 1.165) is 60.2 Å². The van der Waals surface area contributed by atoms with Gasteiger partial charge in [0.05, 0.1) is 33.6 Å². The number of benzene rings is 1. The summed E-state index contributed by atoms with van der Waals surface area (Å²) >= 11 is 9.26. The second-order valence-corrected chi connectivity index (χ2v) is 9.61. The van der Waals surface area contributed by atoms with Gasteiger partial charge in [0.2, 0.25) is 0 Å². The third-order valence-electron chi connectivity index (χ3n) is 4.89. The summed E-state index contributed by atoms with van der Waals surface area (Å²) in [4.78, 5) is 27.4. The number of aryl methyl sites for hydroxylation is 2. The number of halogens is 2. The molecule has 6 nitrogen and oxygen atoms in total. The number of carbonyl (C=O) groups excluding carboxylic acids is 1. The second kappa shape index (κ2) is 10.3. The molecular formula is C20H24Cl2N4O2S2. The molecule has 0 spiro atoms. The Labute approximate surface area is 195 Å². The summed E-state index contributed by atoms with van der Waals surface area (Å²) in [7, 11) is 0. The molecule has 0 bridgehead atoms. The minimum absolute atomic E-state index is 0. The summed E-state index contributed by atoms with van der Waals surface area (Å²) in [6, 6.07) is 5.73. The zero-order valence-electron chi connectivity index (χ0n) is 16.9. The van der Waals surface area contributed by atoms with Gasteiger partial charge in [0.25, 0.3) is 5.91 Å². The normalized spacial score (nSPS) is 14.6. The van der Waals surface area contributed by atoms with Gasteiger partial charge in [0.15, 0.2) is 5.13 Å². The first kappa shape index (κ1) is 23.4. The van der Waals surface area contributed by atoms with Crippen molar-refractivity contribution in [3.05, 3.63) is 38.8 Å². The Balaban J connectivity index is 0.00000256. The summed E-state index contributed by atoms with van der Waals surface area (Å²) in [6.07, 6.45) is 0.867. The predicted octanol–water partition coefficient (Wildman–Crippen LogP) is 4.81. The highest BCUT2D eigenvalue weighted by atomic mass is 35.5. The Kier molecular flexibility index (Phi) is 8.06. The van der Waals surface area contributed by atoms with Crippen LogP contribution in [0.2, 0.25) is 5.02 Å². The van der Waals surface area contributed by atoms with E-state index in [1.165, 1.54) is 22.7 Å². The summed E-state index contributed by atoms with van der Waals surface area (Å²) in [5.74, 6) is -0.0368.